The topological polar surface area (TPSA) is 120 Å². The smallest absolute Gasteiger partial charge is 0.258 e. The monoisotopic (exact) mass is 612 g/mol. The Morgan fingerprint density at radius 3 is 2.47 bits per heavy atom. The Morgan fingerprint density at radius 1 is 1.02 bits per heavy atom. The molecule has 0 saturated carbocycles. The highest BCUT2D eigenvalue weighted by atomic mass is 32.2. The molecule has 3 aliphatic rings. The third-order valence-electron chi connectivity index (χ3n) is 8.30. The number of nitrogens with zero attached hydrogens (tertiary/aromatic N) is 3. The molecule has 43 heavy (non-hydrogen) atoms. The minimum atomic E-state index is -4.25. The number of amides is 1. The van der Waals surface area contributed by atoms with Gasteiger partial charge in [0.15, 0.2) is 5.82 Å². The van der Waals surface area contributed by atoms with Crippen LogP contribution in [0.1, 0.15) is 19.3 Å². The zero-order chi connectivity index (χ0) is 30.1. The first-order chi connectivity index (χ1) is 20.7. The summed E-state index contributed by atoms with van der Waals surface area (Å²) in [4.78, 5) is 17.8. The van der Waals surface area contributed by atoms with Crippen LogP contribution in [0.5, 0.6) is 0 Å². The number of hydrogen-bond acceptors (Lipinski definition) is 8. The number of aromatic nitrogens is 2. The number of H-pyrrole nitrogens is 1. The maximum Gasteiger partial charge on any atom is 0.258 e. The molecule has 0 spiro atoms. The van der Waals surface area contributed by atoms with E-state index in [0.29, 0.717) is 42.2 Å². The Kier molecular flexibility index (Phi) is 8.32. The molecule has 2 aromatic carbocycles. The molecule has 2 aliphatic heterocycles. The van der Waals surface area contributed by atoms with Gasteiger partial charge in [0.05, 0.1) is 20.9 Å². The SMILES string of the molecule is CN1CCN(C2C=CC(C(=O)Nc3n[nH]c4ccc(S(=O)(=O)c5cc(F)cc(F)c5)cc34)=C(NC3CCOCC3)C2)CC1. The predicted molar refractivity (Wildman–Crippen MR) is 157 cm³/mol. The minimum Gasteiger partial charge on any atom is -0.385 e. The van der Waals surface area contributed by atoms with Gasteiger partial charge in [-0.05, 0) is 50.2 Å². The molecular formula is C30H34F2N6O4S. The molecule has 0 radical (unpaired) electrons. The fraction of sp³-hybridized carbons (Fsp3) is 0.400. The lowest BCUT2D eigenvalue weighted by Crippen LogP contribution is -2.49. The Morgan fingerprint density at radius 2 is 1.74 bits per heavy atom. The predicted octanol–water partition coefficient (Wildman–Crippen LogP) is 3.21. The van der Waals surface area contributed by atoms with Crippen LogP contribution in [0.15, 0.2) is 69.6 Å². The quantitative estimate of drug-likeness (QED) is 0.372. The number of halogens is 2. The number of piperazine rings is 1. The number of carbonyl (C=O) groups is 1. The van der Waals surface area contributed by atoms with E-state index in [-0.39, 0.29) is 28.7 Å². The normalized spacial score (nSPS) is 21.0. The molecule has 2 saturated heterocycles. The molecule has 1 aliphatic carbocycles. The molecule has 6 rings (SSSR count). The van der Waals surface area contributed by atoms with Crippen molar-refractivity contribution < 1.29 is 26.7 Å². The Bertz CT molecular complexity index is 1670. The molecule has 1 unspecified atom stereocenters. The van der Waals surface area contributed by atoms with Gasteiger partial charge < -0.3 is 20.3 Å². The number of nitrogens with one attached hydrogen (secondary N) is 3. The highest BCUT2D eigenvalue weighted by molar-refractivity contribution is 7.91. The van der Waals surface area contributed by atoms with Gasteiger partial charge in [0.1, 0.15) is 11.6 Å². The standard InChI is InChI=1S/C30H34F2N6O4S/c1-37-8-10-38(11-9-37)22-2-4-25(28(17-22)33-21-6-12-42-13-7-21)30(39)34-29-26-18-23(3-5-27(26)35-36-29)43(40,41)24-15-19(31)14-20(32)16-24/h2-5,14-16,18,21-22,33H,6-13,17H2,1H3,(H2,34,35,36,39). The van der Waals surface area contributed by atoms with E-state index in [4.69, 9.17) is 4.74 Å². The van der Waals surface area contributed by atoms with Gasteiger partial charge in [0.25, 0.3) is 5.91 Å². The maximum absolute atomic E-state index is 13.8. The van der Waals surface area contributed by atoms with Crippen molar-refractivity contribution in [2.24, 2.45) is 0 Å². The van der Waals surface area contributed by atoms with Crippen LogP contribution in [0.3, 0.4) is 0 Å². The molecular weight excluding hydrogens is 578 g/mol. The van der Waals surface area contributed by atoms with Gasteiger partial charge in [-0.2, -0.15) is 5.10 Å². The number of benzene rings is 2. The highest BCUT2D eigenvalue weighted by Crippen LogP contribution is 2.30. The van der Waals surface area contributed by atoms with E-state index in [1.807, 2.05) is 6.08 Å². The second-order valence-electron chi connectivity index (χ2n) is 11.2. The first-order valence-electron chi connectivity index (χ1n) is 14.4. The molecule has 1 aromatic heterocycles. The fourth-order valence-electron chi connectivity index (χ4n) is 5.79. The van der Waals surface area contributed by atoms with Crippen molar-refractivity contribution in [3.63, 3.8) is 0 Å². The minimum absolute atomic E-state index is 0.148. The van der Waals surface area contributed by atoms with Crippen molar-refractivity contribution >= 4 is 32.5 Å². The number of fused-ring (bicyclic) bond motifs is 1. The summed E-state index contributed by atoms with van der Waals surface area (Å²) < 4.78 is 59.5. The summed E-state index contributed by atoms with van der Waals surface area (Å²) in [7, 11) is -2.13. The van der Waals surface area contributed by atoms with Gasteiger partial charge >= 0.3 is 0 Å². The summed E-state index contributed by atoms with van der Waals surface area (Å²) in [6.45, 7) is 5.20. The fourth-order valence-corrected chi connectivity index (χ4v) is 7.12. The lowest BCUT2D eigenvalue weighted by molar-refractivity contribution is -0.112. The van der Waals surface area contributed by atoms with Crippen molar-refractivity contribution in [3.05, 3.63) is 71.5 Å². The summed E-state index contributed by atoms with van der Waals surface area (Å²) >= 11 is 0. The molecule has 2 fully saturated rings. The van der Waals surface area contributed by atoms with E-state index in [2.05, 4.69) is 43.8 Å². The zero-order valence-corrected chi connectivity index (χ0v) is 24.6. The molecule has 3 N–H and O–H groups in total. The van der Waals surface area contributed by atoms with Crippen molar-refractivity contribution in [1.82, 2.24) is 25.3 Å². The van der Waals surface area contributed by atoms with Gasteiger partial charge in [0, 0.05) is 75.0 Å². The summed E-state index contributed by atoms with van der Waals surface area (Å²) in [5, 5.41) is 13.9. The van der Waals surface area contributed by atoms with E-state index < -0.39 is 26.4 Å². The van der Waals surface area contributed by atoms with Gasteiger partial charge in [-0.1, -0.05) is 12.2 Å². The van der Waals surface area contributed by atoms with Crippen LogP contribution in [-0.4, -0.2) is 92.8 Å². The van der Waals surface area contributed by atoms with E-state index in [1.165, 1.54) is 18.2 Å². The molecule has 3 aromatic rings. The van der Waals surface area contributed by atoms with Crippen LogP contribution in [0.4, 0.5) is 14.6 Å². The first kappa shape index (κ1) is 29.4. The van der Waals surface area contributed by atoms with Crippen molar-refractivity contribution in [3.8, 4) is 0 Å². The number of rotatable bonds is 7. The molecule has 0 bridgehead atoms. The summed E-state index contributed by atoms with van der Waals surface area (Å²) in [6.07, 6.45) is 6.28. The number of ether oxygens (including phenoxy) is 1. The summed E-state index contributed by atoms with van der Waals surface area (Å²) in [5.41, 5.74) is 1.84. The van der Waals surface area contributed by atoms with Crippen molar-refractivity contribution in [2.75, 3.05) is 51.8 Å². The van der Waals surface area contributed by atoms with E-state index in [9.17, 15) is 22.0 Å². The van der Waals surface area contributed by atoms with Gasteiger partial charge in [-0.3, -0.25) is 14.8 Å². The molecule has 13 heteroatoms. The largest absolute Gasteiger partial charge is 0.385 e. The lowest BCUT2D eigenvalue weighted by atomic mass is 9.95. The Balaban J connectivity index is 1.27. The van der Waals surface area contributed by atoms with E-state index in [0.717, 1.165) is 56.9 Å². The van der Waals surface area contributed by atoms with Gasteiger partial charge in [-0.25, -0.2) is 17.2 Å². The van der Waals surface area contributed by atoms with Crippen LogP contribution in [0.2, 0.25) is 0 Å². The van der Waals surface area contributed by atoms with Gasteiger partial charge in [0.2, 0.25) is 9.84 Å². The third-order valence-corrected chi connectivity index (χ3v) is 10.0. The van der Waals surface area contributed by atoms with Crippen LogP contribution in [0, 0.1) is 11.6 Å². The molecule has 3 heterocycles. The zero-order valence-electron chi connectivity index (χ0n) is 23.8. The van der Waals surface area contributed by atoms with Crippen LogP contribution in [-0.2, 0) is 19.4 Å². The number of carbonyl (C=O) groups excluding carboxylic acids is 1. The average molecular weight is 613 g/mol. The van der Waals surface area contributed by atoms with Gasteiger partial charge in [-0.15, -0.1) is 0 Å². The second-order valence-corrected chi connectivity index (χ2v) is 13.2. The number of aromatic amines is 1. The average Bonchev–Trinajstić information content (AvgIpc) is 3.39. The van der Waals surface area contributed by atoms with Crippen LogP contribution in [0.25, 0.3) is 10.9 Å². The molecule has 1 amide bonds. The first-order valence-corrected chi connectivity index (χ1v) is 15.8. The Labute approximate surface area is 248 Å². The van der Waals surface area contributed by atoms with Crippen LogP contribution < -0.4 is 10.6 Å². The molecule has 228 valence electrons. The lowest BCUT2D eigenvalue weighted by Gasteiger charge is -2.39. The second kappa shape index (κ2) is 12.2. The van der Waals surface area contributed by atoms with Crippen LogP contribution >= 0.6 is 0 Å². The summed E-state index contributed by atoms with van der Waals surface area (Å²) in [5.74, 6) is -2.22. The van der Waals surface area contributed by atoms with Crippen molar-refractivity contribution in [1.29, 1.82) is 0 Å². The number of hydrogen-bond donors (Lipinski definition) is 3. The number of anilines is 1. The third kappa shape index (κ3) is 6.35. The highest BCUT2D eigenvalue weighted by Gasteiger charge is 2.29. The molecule has 1 atom stereocenters. The summed E-state index contributed by atoms with van der Waals surface area (Å²) in [6, 6.07) is 6.67. The number of likely N-dealkylation sites (N-methyl/N-ethyl adjacent to an activating group) is 1. The molecule has 10 nitrogen and oxygen atoms in total. The van der Waals surface area contributed by atoms with Crippen molar-refractivity contribution in [2.45, 2.75) is 41.1 Å². The number of sulfone groups is 1. The Hall–Kier alpha value is -3.65. The van der Waals surface area contributed by atoms with E-state index in [1.54, 1.807) is 0 Å². The maximum atomic E-state index is 13.8. The van der Waals surface area contributed by atoms with E-state index >= 15 is 0 Å².